The van der Waals surface area contributed by atoms with Gasteiger partial charge in [0.15, 0.2) is 0 Å². The quantitative estimate of drug-likeness (QED) is 0.756. The van der Waals surface area contributed by atoms with E-state index >= 15 is 0 Å². The van der Waals surface area contributed by atoms with Crippen LogP contribution in [-0.2, 0) is 10.2 Å². The van der Waals surface area contributed by atoms with Crippen molar-refractivity contribution < 1.29 is 4.74 Å². The molecule has 0 aromatic carbocycles. The second kappa shape index (κ2) is 4.38. The van der Waals surface area contributed by atoms with Gasteiger partial charge in [0.25, 0.3) is 0 Å². The van der Waals surface area contributed by atoms with E-state index in [0.717, 1.165) is 36.8 Å². The van der Waals surface area contributed by atoms with E-state index in [-0.39, 0.29) is 5.41 Å². The van der Waals surface area contributed by atoms with Crippen molar-refractivity contribution in [2.24, 2.45) is 0 Å². The Morgan fingerprint density at radius 3 is 2.50 bits per heavy atom. The monoisotopic (exact) mass is 242 g/mol. The van der Waals surface area contributed by atoms with Crippen LogP contribution in [0.5, 0.6) is 0 Å². The van der Waals surface area contributed by atoms with E-state index in [1.165, 1.54) is 0 Å². The van der Waals surface area contributed by atoms with Crippen LogP contribution in [0.25, 0.3) is 0 Å². The van der Waals surface area contributed by atoms with E-state index in [0.29, 0.717) is 6.04 Å². The van der Waals surface area contributed by atoms with E-state index in [1.54, 1.807) is 0 Å². The minimum Gasteiger partial charge on any atom is -0.381 e. The molecule has 1 fully saturated rings. The van der Waals surface area contributed by atoms with Gasteiger partial charge in [0, 0.05) is 18.8 Å². The highest BCUT2D eigenvalue weighted by molar-refractivity contribution is 6.30. The lowest BCUT2D eigenvalue weighted by Crippen LogP contribution is -2.21. The predicted octanol–water partition coefficient (Wildman–Crippen LogP) is 3.19. The Kier molecular flexibility index (Phi) is 3.27. The number of aromatic nitrogens is 2. The summed E-state index contributed by atoms with van der Waals surface area (Å²) in [5.74, 6) is 0. The summed E-state index contributed by atoms with van der Waals surface area (Å²) in [6, 6.07) is 0.400. The average Bonchev–Trinajstić information content (AvgIpc) is 2.61. The molecule has 0 N–H and O–H groups in total. The maximum Gasteiger partial charge on any atom is 0.131 e. The molecule has 90 valence electrons. The lowest BCUT2D eigenvalue weighted by Gasteiger charge is -2.24. The first-order chi connectivity index (χ1) is 7.50. The fraction of sp³-hybridized carbons (Fsp3) is 0.750. The molecule has 0 bridgehead atoms. The molecule has 0 saturated carbocycles. The van der Waals surface area contributed by atoms with Crippen LogP contribution in [0, 0.1) is 0 Å². The van der Waals surface area contributed by atoms with Gasteiger partial charge in [0.1, 0.15) is 5.15 Å². The molecule has 1 saturated heterocycles. The van der Waals surface area contributed by atoms with Crippen LogP contribution in [0.3, 0.4) is 0 Å². The summed E-state index contributed by atoms with van der Waals surface area (Å²) in [5, 5.41) is 5.23. The van der Waals surface area contributed by atoms with Crippen molar-refractivity contribution in [3.63, 3.8) is 0 Å². The summed E-state index contributed by atoms with van der Waals surface area (Å²) in [6.45, 7) is 8.09. The van der Waals surface area contributed by atoms with Gasteiger partial charge in [-0.05, 0) is 18.3 Å². The Balaban J connectivity index is 2.25. The summed E-state index contributed by atoms with van der Waals surface area (Å²) in [7, 11) is 0. The van der Waals surface area contributed by atoms with Crippen molar-refractivity contribution in [1.29, 1.82) is 0 Å². The van der Waals surface area contributed by atoms with Crippen molar-refractivity contribution >= 4 is 11.6 Å². The minimum absolute atomic E-state index is 0.0561. The summed E-state index contributed by atoms with van der Waals surface area (Å²) in [5.41, 5.74) is 1.18. The van der Waals surface area contributed by atoms with Crippen LogP contribution in [0.4, 0.5) is 0 Å². The van der Waals surface area contributed by atoms with Gasteiger partial charge in [-0.1, -0.05) is 32.4 Å². The van der Waals surface area contributed by atoms with Crippen LogP contribution in [-0.4, -0.2) is 23.0 Å². The normalized spacial score (nSPS) is 19.0. The summed E-state index contributed by atoms with van der Waals surface area (Å²) >= 11 is 6.40. The van der Waals surface area contributed by atoms with Crippen molar-refractivity contribution in [3.05, 3.63) is 16.9 Å². The lowest BCUT2D eigenvalue weighted by molar-refractivity contribution is 0.0663. The molecule has 2 heterocycles. The van der Waals surface area contributed by atoms with Crippen LogP contribution >= 0.6 is 11.6 Å². The van der Waals surface area contributed by atoms with Gasteiger partial charge in [-0.15, -0.1) is 0 Å². The van der Waals surface area contributed by atoms with E-state index in [9.17, 15) is 0 Å². The molecule has 0 spiro atoms. The second-order valence-corrected chi connectivity index (χ2v) is 5.75. The molecule has 0 unspecified atom stereocenters. The number of halogens is 1. The van der Waals surface area contributed by atoms with Crippen molar-refractivity contribution in [2.45, 2.75) is 45.1 Å². The van der Waals surface area contributed by atoms with Gasteiger partial charge in [-0.2, -0.15) is 5.10 Å². The minimum atomic E-state index is 0.0561. The Labute approximate surface area is 102 Å². The van der Waals surface area contributed by atoms with Crippen molar-refractivity contribution in [3.8, 4) is 0 Å². The smallest absolute Gasteiger partial charge is 0.131 e. The molecule has 4 heteroatoms. The molecule has 1 aliphatic heterocycles. The Morgan fingerprint density at radius 1 is 1.38 bits per heavy atom. The van der Waals surface area contributed by atoms with Gasteiger partial charge >= 0.3 is 0 Å². The molecule has 1 aromatic heterocycles. The first-order valence-electron chi connectivity index (χ1n) is 5.81. The zero-order valence-electron chi connectivity index (χ0n) is 10.2. The molecular weight excluding hydrogens is 224 g/mol. The van der Waals surface area contributed by atoms with Crippen LogP contribution in [0.2, 0.25) is 5.15 Å². The SMILES string of the molecule is CC(C)(C)c1cnn(C2CCOCC2)c1Cl. The van der Waals surface area contributed by atoms with Gasteiger partial charge < -0.3 is 4.74 Å². The fourth-order valence-electron chi connectivity index (χ4n) is 2.03. The van der Waals surface area contributed by atoms with E-state index in [2.05, 4.69) is 25.9 Å². The molecule has 0 atom stereocenters. The number of rotatable bonds is 1. The first-order valence-corrected chi connectivity index (χ1v) is 6.19. The Bertz CT molecular complexity index is 362. The summed E-state index contributed by atoms with van der Waals surface area (Å²) in [6.07, 6.45) is 3.91. The summed E-state index contributed by atoms with van der Waals surface area (Å²) in [4.78, 5) is 0. The van der Waals surface area contributed by atoms with Gasteiger partial charge in [-0.25, -0.2) is 0 Å². The zero-order chi connectivity index (χ0) is 11.8. The van der Waals surface area contributed by atoms with Crippen LogP contribution in [0.1, 0.15) is 45.2 Å². The molecular formula is C12H19ClN2O. The highest BCUT2D eigenvalue weighted by atomic mass is 35.5. The summed E-state index contributed by atoms with van der Waals surface area (Å²) < 4.78 is 7.31. The Morgan fingerprint density at radius 2 is 2.00 bits per heavy atom. The number of ether oxygens (including phenoxy) is 1. The molecule has 16 heavy (non-hydrogen) atoms. The average molecular weight is 243 g/mol. The third kappa shape index (κ3) is 2.25. The molecule has 3 nitrogen and oxygen atoms in total. The van der Waals surface area contributed by atoms with E-state index in [4.69, 9.17) is 16.3 Å². The molecule has 0 radical (unpaired) electrons. The maximum atomic E-state index is 6.40. The number of hydrogen-bond acceptors (Lipinski definition) is 2. The molecule has 1 aromatic rings. The zero-order valence-corrected chi connectivity index (χ0v) is 10.9. The molecule has 2 rings (SSSR count). The topological polar surface area (TPSA) is 27.1 Å². The molecule has 0 amide bonds. The van der Waals surface area contributed by atoms with Crippen LogP contribution < -0.4 is 0 Å². The fourth-order valence-corrected chi connectivity index (χ4v) is 2.55. The third-order valence-corrected chi connectivity index (χ3v) is 3.46. The molecule has 1 aliphatic rings. The Hall–Kier alpha value is -0.540. The van der Waals surface area contributed by atoms with E-state index in [1.807, 2.05) is 10.9 Å². The van der Waals surface area contributed by atoms with E-state index < -0.39 is 0 Å². The first kappa shape index (κ1) is 11.9. The second-order valence-electron chi connectivity index (χ2n) is 5.39. The molecule has 0 aliphatic carbocycles. The van der Waals surface area contributed by atoms with Gasteiger partial charge in [0.2, 0.25) is 0 Å². The van der Waals surface area contributed by atoms with Gasteiger partial charge in [-0.3, -0.25) is 4.68 Å². The van der Waals surface area contributed by atoms with Crippen molar-refractivity contribution in [1.82, 2.24) is 9.78 Å². The predicted molar refractivity (Wildman–Crippen MR) is 65.0 cm³/mol. The highest BCUT2D eigenvalue weighted by Crippen LogP contribution is 2.32. The largest absolute Gasteiger partial charge is 0.381 e. The number of hydrogen-bond donors (Lipinski definition) is 0. The maximum absolute atomic E-state index is 6.40. The van der Waals surface area contributed by atoms with Crippen molar-refractivity contribution in [2.75, 3.05) is 13.2 Å². The van der Waals surface area contributed by atoms with Crippen LogP contribution in [0.15, 0.2) is 6.20 Å². The van der Waals surface area contributed by atoms with Gasteiger partial charge in [0.05, 0.1) is 12.2 Å². The lowest BCUT2D eigenvalue weighted by atomic mass is 9.90. The third-order valence-electron chi connectivity index (χ3n) is 3.08. The standard InChI is InChI=1S/C12H19ClN2O/c1-12(2,3)10-8-14-15(11(10)13)9-4-6-16-7-5-9/h8-9H,4-7H2,1-3H3. The highest BCUT2D eigenvalue weighted by Gasteiger charge is 2.25. The number of nitrogens with zero attached hydrogens (tertiary/aromatic N) is 2.